The van der Waals surface area contributed by atoms with Crippen LogP contribution >= 0.6 is 0 Å². The third-order valence-corrected chi connectivity index (χ3v) is 2.15. The van der Waals surface area contributed by atoms with Crippen molar-refractivity contribution in [3.05, 3.63) is 46.2 Å². The van der Waals surface area contributed by atoms with Crippen LogP contribution in [0, 0.1) is 10.1 Å². The van der Waals surface area contributed by atoms with E-state index in [9.17, 15) is 19.3 Å². The van der Waals surface area contributed by atoms with Crippen LogP contribution in [-0.4, -0.2) is 24.4 Å². The number of alkyl halides is 1. The van der Waals surface area contributed by atoms with Crippen molar-refractivity contribution in [2.24, 2.45) is 0 Å². The van der Waals surface area contributed by atoms with Crippen molar-refractivity contribution >= 4 is 17.2 Å². The van der Waals surface area contributed by atoms with Crippen molar-refractivity contribution in [2.75, 3.05) is 13.5 Å². The lowest BCUT2D eigenvalue weighted by atomic mass is 10.1. The normalized spacial score (nSPS) is 10.9. The second kappa shape index (κ2) is 7.10. The van der Waals surface area contributed by atoms with Crippen molar-refractivity contribution < 1.29 is 23.6 Å². The van der Waals surface area contributed by atoms with Gasteiger partial charge in [0.2, 0.25) is 6.86 Å². The fourth-order valence-electron chi connectivity index (χ4n) is 1.32. The van der Waals surface area contributed by atoms with Gasteiger partial charge in [0.1, 0.15) is 11.8 Å². The summed E-state index contributed by atoms with van der Waals surface area (Å²) in [7, 11) is 0. The Bertz CT molecular complexity index is 483. The lowest BCUT2D eigenvalue weighted by molar-refractivity contribution is -0.384. The standard InChI is InChI=1S/C12H12FNO5/c1-2-19-12(15)11(7-18-8-13)9-3-5-10(6-4-9)14(16)17/h3-7H,2,8H2,1H3. The third-order valence-electron chi connectivity index (χ3n) is 2.15. The number of non-ortho nitro benzene ring substituents is 1. The maximum atomic E-state index is 12.0. The van der Waals surface area contributed by atoms with Gasteiger partial charge in [-0.15, -0.1) is 0 Å². The minimum absolute atomic E-state index is 0.00519. The topological polar surface area (TPSA) is 78.7 Å². The molecule has 0 aliphatic rings. The van der Waals surface area contributed by atoms with Crippen molar-refractivity contribution in [2.45, 2.75) is 6.92 Å². The first-order chi connectivity index (χ1) is 9.10. The number of carbonyl (C=O) groups excluding carboxylic acids is 1. The highest BCUT2D eigenvalue weighted by Crippen LogP contribution is 2.20. The Morgan fingerprint density at radius 1 is 1.42 bits per heavy atom. The van der Waals surface area contributed by atoms with Crippen LogP contribution in [0.3, 0.4) is 0 Å². The highest BCUT2D eigenvalue weighted by molar-refractivity contribution is 6.16. The lowest BCUT2D eigenvalue weighted by Crippen LogP contribution is -2.07. The Morgan fingerprint density at radius 2 is 2.05 bits per heavy atom. The van der Waals surface area contributed by atoms with Crippen molar-refractivity contribution in [3.8, 4) is 0 Å². The molecule has 0 atom stereocenters. The van der Waals surface area contributed by atoms with E-state index in [1.165, 1.54) is 24.3 Å². The Labute approximate surface area is 108 Å². The maximum Gasteiger partial charge on any atom is 0.341 e. The smallest absolute Gasteiger partial charge is 0.341 e. The molecule has 19 heavy (non-hydrogen) atoms. The molecule has 1 rings (SSSR count). The highest BCUT2D eigenvalue weighted by Gasteiger charge is 2.15. The van der Waals surface area contributed by atoms with Crippen LogP contribution in [0.4, 0.5) is 10.1 Å². The number of ether oxygens (including phenoxy) is 2. The Kier molecular flexibility index (Phi) is 5.46. The van der Waals surface area contributed by atoms with Gasteiger partial charge in [0.15, 0.2) is 0 Å². The number of benzene rings is 1. The second-order valence-electron chi connectivity index (χ2n) is 3.33. The molecule has 102 valence electrons. The first-order valence-corrected chi connectivity index (χ1v) is 5.39. The minimum Gasteiger partial charge on any atom is -0.470 e. The summed E-state index contributed by atoms with van der Waals surface area (Å²) in [6.45, 7) is 0.691. The third kappa shape index (κ3) is 4.06. The van der Waals surface area contributed by atoms with Crippen LogP contribution in [0.2, 0.25) is 0 Å². The summed E-state index contributed by atoms with van der Waals surface area (Å²) < 4.78 is 21.2. The van der Waals surface area contributed by atoms with Gasteiger partial charge in [0, 0.05) is 12.1 Å². The van der Waals surface area contributed by atoms with Crippen LogP contribution in [0.25, 0.3) is 5.57 Å². The summed E-state index contributed by atoms with van der Waals surface area (Å²) in [5.74, 6) is -0.690. The first kappa shape index (κ1) is 14.6. The molecule has 0 fully saturated rings. The molecule has 0 amide bonds. The maximum absolute atomic E-state index is 12.0. The fraction of sp³-hybridized carbons (Fsp3) is 0.250. The van der Waals surface area contributed by atoms with E-state index in [1.54, 1.807) is 6.92 Å². The van der Waals surface area contributed by atoms with Crippen molar-refractivity contribution in [3.63, 3.8) is 0 Å². The molecule has 1 aromatic rings. The van der Waals surface area contributed by atoms with Gasteiger partial charge in [-0.2, -0.15) is 0 Å². The van der Waals surface area contributed by atoms with Crippen LogP contribution < -0.4 is 0 Å². The molecule has 0 saturated carbocycles. The van der Waals surface area contributed by atoms with Crippen molar-refractivity contribution in [1.29, 1.82) is 0 Å². The van der Waals surface area contributed by atoms with Gasteiger partial charge in [0.25, 0.3) is 5.69 Å². The molecule has 0 radical (unpaired) electrons. The fourth-order valence-corrected chi connectivity index (χ4v) is 1.32. The van der Waals surface area contributed by atoms with E-state index in [1.807, 2.05) is 0 Å². The molecule has 0 aromatic heterocycles. The Morgan fingerprint density at radius 3 is 2.53 bits per heavy atom. The molecule has 0 unspecified atom stereocenters. The number of hydrogen-bond donors (Lipinski definition) is 0. The molecule has 6 nitrogen and oxygen atoms in total. The molecule has 0 spiro atoms. The molecule has 0 heterocycles. The van der Waals surface area contributed by atoms with E-state index in [0.29, 0.717) is 5.56 Å². The summed E-state index contributed by atoms with van der Waals surface area (Å²) >= 11 is 0. The van der Waals surface area contributed by atoms with E-state index in [-0.39, 0.29) is 17.9 Å². The lowest BCUT2D eigenvalue weighted by Gasteiger charge is -2.06. The van der Waals surface area contributed by atoms with E-state index >= 15 is 0 Å². The van der Waals surface area contributed by atoms with Gasteiger partial charge >= 0.3 is 5.97 Å². The van der Waals surface area contributed by atoms with Gasteiger partial charge in [0.05, 0.1) is 11.5 Å². The molecular weight excluding hydrogens is 257 g/mol. The zero-order valence-electron chi connectivity index (χ0n) is 10.2. The summed E-state index contributed by atoms with van der Waals surface area (Å²) in [4.78, 5) is 21.6. The highest BCUT2D eigenvalue weighted by atomic mass is 19.1. The number of carbonyl (C=O) groups is 1. The SMILES string of the molecule is CCOC(=O)C(=COCF)c1ccc([N+](=O)[O-])cc1. The average Bonchev–Trinajstić information content (AvgIpc) is 2.40. The molecule has 0 aliphatic heterocycles. The van der Waals surface area contributed by atoms with Crippen LogP contribution in [0.15, 0.2) is 30.5 Å². The van der Waals surface area contributed by atoms with Gasteiger partial charge in [-0.1, -0.05) is 0 Å². The Balaban J connectivity index is 3.03. The molecule has 0 aliphatic carbocycles. The number of nitro groups is 1. The van der Waals surface area contributed by atoms with Crippen LogP contribution in [0.1, 0.15) is 12.5 Å². The number of nitro benzene ring substituents is 1. The largest absolute Gasteiger partial charge is 0.470 e. The van der Waals surface area contributed by atoms with Gasteiger partial charge in [-0.25, -0.2) is 9.18 Å². The molecule has 1 aromatic carbocycles. The number of hydrogen-bond acceptors (Lipinski definition) is 5. The number of rotatable bonds is 6. The van der Waals surface area contributed by atoms with E-state index in [0.717, 1.165) is 6.26 Å². The molecule has 0 N–H and O–H groups in total. The van der Waals surface area contributed by atoms with Gasteiger partial charge in [-0.3, -0.25) is 10.1 Å². The summed E-state index contributed by atoms with van der Waals surface area (Å²) in [5.41, 5.74) is 0.227. The monoisotopic (exact) mass is 269 g/mol. The predicted octanol–water partition coefficient (Wildman–Crippen LogP) is 2.44. The number of nitrogens with zero attached hydrogens (tertiary/aromatic N) is 1. The summed E-state index contributed by atoms with van der Waals surface area (Å²) in [6.07, 6.45) is 0.930. The molecular formula is C12H12FNO5. The summed E-state index contributed by atoms with van der Waals surface area (Å²) in [5, 5.41) is 10.5. The molecule has 0 saturated heterocycles. The van der Waals surface area contributed by atoms with E-state index in [4.69, 9.17) is 4.74 Å². The Hall–Kier alpha value is -2.44. The van der Waals surface area contributed by atoms with Crippen LogP contribution in [-0.2, 0) is 14.3 Å². The number of esters is 1. The van der Waals surface area contributed by atoms with Crippen molar-refractivity contribution in [1.82, 2.24) is 0 Å². The average molecular weight is 269 g/mol. The zero-order chi connectivity index (χ0) is 14.3. The van der Waals surface area contributed by atoms with Crippen LogP contribution in [0.5, 0.6) is 0 Å². The molecule has 0 bridgehead atoms. The molecule has 7 heteroatoms. The second-order valence-corrected chi connectivity index (χ2v) is 3.33. The van der Waals surface area contributed by atoms with E-state index in [2.05, 4.69) is 4.74 Å². The number of halogens is 1. The van der Waals surface area contributed by atoms with Gasteiger partial charge < -0.3 is 9.47 Å². The van der Waals surface area contributed by atoms with Gasteiger partial charge in [-0.05, 0) is 24.6 Å². The predicted molar refractivity (Wildman–Crippen MR) is 64.8 cm³/mol. The van der Waals surface area contributed by atoms with E-state index < -0.39 is 17.8 Å². The quantitative estimate of drug-likeness (QED) is 0.260. The summed E-state index contributed by atoms with van der Waals surface area (Å²) in [6, 6.07) is 5.20. The minimum atomic E-state index is -1.09. The zero-order valence-corrected chi connectivity index (χ0v) is 10.2. The first-order valence-electron chi connectivity index (χ1n) is 5.39.